The molecule has 0 aliphatic heterocycles. The van der Waals surface area contributed by atoms with Crippen molar-refractivity contribution in [1.82, 2.24) is 19.7 Å². The minimum atomic E-state index is -0.251. The van der Waals surface area contributed by atoms with Gasteiger partial charge in [0.05, 0.1) is 24.8 Å². The summed E-state index contributed by atoms with van der Waals surface area (Å²) in [5, 5.41) is 3.91. The van der Waals surface area contributed by atoms with Gasteiger partial charge in [-0.3, -0.25) is 9.48 Å². The summed E-state index contributed by atoms with van der Waals surface area (Å²) in [5.74, 6) is 0.798. The van der Waals surface area contributed by atoms with Crippen LogP contribution >= 0.6 is 0 Å². The number of hydrogen-bond acceptors (Lipinski definition) is 4. The minimum Gasteiger partial charge on any atom is -0.435 e. The van der Waals surface area contributed by atoms with Gasteiger partial charge in [0.25, 0.3) is 5.56 Å². The second-order valence-corrected chi connectivity index (χ2v) is 2.70. The van der Waals surface area contributed by atoms with Crippen molar-refractivity contribution in [2.75, 3.05) is 0 Å². The standard InChI is InChI=1S/C8H8N4O2/c1-12-4-6(3-11-12)14-8-2-7(13)9-5-10-8/h2-5H,1H3,(H,9,10,13). The fraction of sp³-hybridized carbons (Fsp3) is 0.125. The molecule has 0 amide bonds. The lowest BCUT2D eigenvalue weighted by Crippen LogP contribution is -2.04. The third kappa shape index (κ3) is 1.79. The van der Waals surface area contributed by atoms with Crippen LogP contribution in [0.4, 0.5) is 0 Å². The normalized spacial score (nSPS) is 10.1. The van der Waals surface area contributed by atoms with E-state index in [1.165, 1.54) is 12.4 Å². The number of ether oxygens (including phenoxy) is 1. The maximum Gasteiger partial charge on any atom is 0.254 e. The first kappa shape index (κ1) is 8.49. The molecule has 6 heteroatoms. The van der Waals surface area contributed by atoms with Crippen molar-refractivity contribution in [3.63, 3.8) is 0 Å². The zero-order valence-electron chi connectivity index (χ0n) is 7.47. The Kier molecular flexibility index (Phi) is 2.02. The van der Waals surface area contributed by atoms with Crippen LogP contribution in [0.5, 0.6) is 11.6 Å². The van der Waals surface area contributed by atoms with Crippen molar-refractivity contribution >= 4 is 0 Å². The first-order valence-electron chi connectivity index (χ1n) is 3.95. The molecular weight excluding hydrogens is 184 g/mol. The quantitative estimate of drug-likeness (QED) is 0.742. The third-order valence-corrected chi connectivity index (χ3v) is 1.56. The fourth-order valence-corrected chi connectivity index (χ4v) is 0.979. The molecule has 0 unspecified atom stereocenters. The maximum absolute atomic E-state index is 10.9. The molecule has 14 heavy (non-hydrogen) atoms. The van der Waals surface area contributed by atoms with E-state index in [0.29, 0.717) is 5.75 Å². The Morgan fingerprint density at radius 2 is 2.43 bits per heavy atom. The topological polar surface area (TPSA) is 72.8 Å². The van der Waals surface area contributed by atoms with E-state index in [1.54, 1.807) is 24.1 Å². The smallest absolute Gasteiger partial charge is 0.254 e. The van der Waals surface area contributed by atoms with Gasteiger partial charge in [-0.25, -0.2) is 4.98 Å². The lowest BCUT2D eigenvalue weighted by atomic mass is 10.6. The van der Waals surface area contributed by atoms with Crippen LogP contribution in [0.2, 0.25) is 0 Å². The number of aryl methyl sites for hydroxylation is 1. The van der Waals surface area contributed by atoms with Crippen molar-refractivity contribution in [2.45, 2.75) is 0 Å². The highest BCUT2D eigenvalue weighted by Crippen LogP contribution is 2.15. The molecule has 2 aromatic heterocycles. The van der Waals surface area contributed by atoms with Crippen LogP contribution < -0.4 is 10.3 Å². The third-order valence-electron chi connectivity index (χ3n) is 1.56. The van der Waals surface area contributed by atoms with Gasteiger partial charge in [-0.15, -0.1) is 0 Å². The Morgan fingerprint density at radius 1 is 1.57 bits per heavy atom. The minimum absolute atomic E-state index is 0.251. The molecular formula is C8H8N4O2. The molecule has 0 saturated carbocycles. The van der Waals surface area contributed by atoms with Gasteiger partial charge in [0.15, 0.2) is 5.75 Å². The molecule has 0 bridgehead atoms. The van der Waals surface area contributed by atoms with Crippen LogP contribution in [0, 0.1) is 0 Å². The van der Waals surface area contributed by atoms with Crippen molar-refractivity contribution in [3.8, 4) is 11.6 Å². The summed E-state index contributed by atoms with van der Waals surface area (Å²) in [6.45, 7) is 0. The van der Waals surface area contributed by atoms with Crippen molar-refractivity contribution in [3.05, 3.63) is 35.1 Å². The highest BCUT2D eigenvalue weighted by molar-refractivity contribution is 5.19. The van der Waals surface area contributed by atoms with E-state index < -0.39 is 0 Å². The summed E-state index contributed by atoms with van der Waals surface area (Å²) < 4.78 is 6.87. The largest absolute Gasteiger partial charge is 0.435 e. The van der Waals surface area contributed by atoms with Crippen molar-refractivity contribution in [2.24, 2.45) is 7.05 Å². The number of nitrogens with one attached hydrogen (secondary N) is 1. The van der Waals surface area contributed by atoms with Gasteiger partial charge in [-0.2, -0.15) is 5.10 Å². The van der Waals surface area contributed by atoms with Gasteiger partial charge in [0, 0.05) is 7.05 Å². The SMILES string of the molecule is Cn1cc(Oc2cc(=O)[nH]cn2)cn1. The van der Waals surface area contributed by atoms with Crippen molar-refractivity contribution < 1.29 is 4.74 Å². The number of aromatic amines is 1. The lowest BCUT2D eigenvalue weighted by molar-refractivity contribution is 0.460. The Labute approximate surface area is 79.2 Å². The highest BCUT2D eigenvalue weighted by Gasteiger charge is 2.00. The van der Waals surface area contributed by atoms with Crippen LogP contribution in [0.15, 0.2) is 29.6 Å². The van der Waals surface area contributed by atoms with E-state index in [4.69, 9.17) is 4.74 Å². The van der Waals surface area contributed by atoms with Gasteiger partial charge in [0.2, 0.25) is 5.88 Å². The Balaban J connectivity index is 2.23. The predicted octanol–water partition coefficient (Wildman–Crippen LogP) is 0.296. The number of aromatic nitrogens is 4. The highest BCUT2D eigenvalue weighted by atomic mass is 16.5. The zero-order valence-corrected chi connectivity index (χ0v) is 7.47. The Hall–Kier alpha value is -2.11. The summed E-state index contributed by atoms with van der Waals surface area (Å²) in [6, 6.07) is 1.27. The fourth-order valence-electron chi connectivity index (χ4n) is 0.979. The van der Waals surface area contributed by atoms with E-state index in [0.717, 1.165) is 0 Å². The maximum atomic E-state index is 10.9. The van der Waals surface area contributed by atoms with Crippen LogP contribution in [0.1, 0.15) is 0 Å². The molecule has 0 aromatic carbocycles. The molecule has 6 nitrogen and oxygen atoms in total. The molecule has 0 fully saturated rings. The Bertz CT molecular complexity index is 488. The summed E-state index contributed by atoms with van der Waals surface area (Å²) in [6.07, 6.45) is 4.51. The zero-order chi connectivity index (χ0) is 9.97. The van der Waals surface area contributed by atoms with Gasteiger partial charge >= 0.3 is 0 Å². The second kappa shape index (κ2) is 3.33. The summed E-state index contributed by atoms with van der Waals surface area (Å²) in [4.78, 5) is 17.1. The summed E-state index contributed by atoms with van der Waals surface area (Å²) >= 11 is 0. The average Bonchev–Trinajstić information content (AvgIpc) is 2.51. The predicted molar refractivity (Wildman–Crippen MR) is 48.1 cm³/mol. The molecule has 0 aliphatic rings. The van der Waals surface area contributed by atoms with Gasteiger partial charge in [-0.05, 0) is 0 Å². The molecule has 2 rings (SSSR count). The second-order valence-electron chi connectivity index (χ2n) is 2.70. The number of H-pyrrole nitrogens is 1. The van der Waals surface area contributed by atoms with E-state index in [9.17, 15) is 4.79 Å². The Morgan fingerprint density at radius 3 is 3.07 bits per heavy atom. The van der Waals surface area contributed by atoms with Gasteiger partial charge < -0.3 is 9.72 Å². The van der Waals surface area contributed by atoms with Gasteiger partial charge in [0.1, 0.15) is 0 Å². The summed E-state index contributed by atoms with van der Waals surface area (Å²) in [7, 11) is 1.78. The molecule has 2 aromatic rings. The molecule has 0 spiro atoms. The molecule has 0 saturated heterocycles. The van der Waals surface area contributed by atoms with E-state index >= 15 is 0 Å². The molecule has 0 aliphatic carbocycles. The summed E-state index contributed by atoms with van der Waals surface area (Å²) in [5.41, 5.74) is -0.251. The van der Waals surface area contributed by atoms with Crippen LogP contribution in [-0.4, -0.2) is 19.7 Å². The first-order chi connectivity index (χ1) is 6.74. The van der Waals surface area contributed by atoms with Gasteiger partial charge in [-0.1, -0.05) is 0 Å². The molecule has 72 valence electrons. The first-order valence-corrected chi connectivity index (χ1v) is 3.95. The van der Waals surface area contributed by atoms with E-state index in [-0.39, 0.29) is 11.4 Å². The van der Waals surface area contributed by atoms with Crippen molar-refractivity contribution in [1.29, 1.82) is 0 Å². The lowest BCUT2D eigenvalue weighted by Gasteiger charge is -1.98. The number of rotatable bonds is 2. The molecule has 2 heterocycles. The number of hydrogen-bond donors (Lipinski definition) is 1. The average molecular weight is 192 g/mol. The molecule has 1 N–H and O–H groups in total. The van der Waals surface area contributed by atoms with E-state index in [1.807, 2.05) is 0 Å². The molecule has 0 atom stereocenters. The van der Waals surface area contributed by atoms with Crippen LogP contribution in [0.3, 0.4) is 0 Å². The molecule has 0 radical (unpaired) electrons. The van der Waals surface area contributed by atoms with Crippen LogP contribution in [-0.2, 0) is 7.05 Å². The van der Waals surface area contributed by atoms with E-state index in [2.05, 4.69) is 15.1 Å². The number of nitrogens with zero attached hydrogens (tertiary/aromatic N) is 3. The van der Waals surface area contributed by atoms with Crippen LogP contribution in [0.25, 0.3) is 0 Å². The monoisotopic (exact) mass is 192 g/mol.